The van der Waals surface area contributed by atoms with Crippen LogP contribution in [0.5, 0.6) is 5.75 Å². The summed E-state index contributed by atoms with van der Waals surface area (Å²) in [6.07, 6.45) is 6.11. The van der Waals surface area contributed by atoms with E-state index in [4.69, 9.17) is 47.6 Å². The van der Waals surface area contributed by atoms with Gasteiger partial charge in [0.05, 0.1) is 43.1 Å². The van der Waals surface area contributed by atoms with Crippen molar-refractivity contribution in [1.82, 2.24) is 9.88 Å². The SMILES string of the molecule is CCCOc1ccc(-c2nc3c(s2)[C@@H]2C[C@@H](OC4OC(C)C(OC)C(OC)C4OC)C[C@H]2[C@@H]2C=C4C(=O)[C@H](C)[C@@H](O[C@H]5CC[C@H](N(C)C)C(C)O5)CCC[C@H](CC)OC(=O)C[C@H]4[C@H]32)cc1. The van der Waals surface area contributed by atoms with Crippen molar-refractivity contribution in [2.24, 2.45) is 23.7 Å². The molecule has 1 aromatic heterocycles. The number of benzene rings is 1. The van der Waals surface area contributed by atoms with Crippen molar-refractivity contribution in [3.8, 4) is 16.3 Å². The maximum Gasteiger partial charge on any atom is 0.306 e. The van der Waals surface area contributed by atoms with Crippen molar-refractivity contribution in [3.63, 3.8) is 0 Å². The average molecular weight is 923 g/mol. The number of methoxy groups -OCH3 is 3. The number of hydrogen-bond donors (Lipinski definition) is 0. The first kappa shape index (κ1) is 48.7. The number of Topliss-reactive ketones (excluding diaryl/α,β-unsaturated/α-hetero) is 1. The van der Waals surface area contributed by atoms with Crippen LogP contribution in [-0.2, 0) is 47.5 Å². The highest BCUT2D eigenvalue weighted by Gasteiger charge is 2.57. The number of fused-ring (bicyclic) bond motifs is 8. The monoisotopic (exact) mass is 923 g/mol. The minimum Gasteiger partial charge on any atom is -0.494 e. The Morgan fingerprint density at radius 1 is 0.846 bits per heavy atom. The minimum absolute atomic E-state index is 0.00348. The van der Waals surface area contributed by atoms with Crippen LogP contribution in [0.3, 0.4) is 0 Å². The van der Waals surface area contributed by atoms with Gasteiger partial charge in [-0.3, -0.25) is 9.59 Å². The molecule has 0 N–H and O–H groups in total. The molecule has 1 aromatic carbocycles. The predicted octanol–water partition coefficient (Wildman–Crippen LogP) is 8.48. The Bertz CT molecular complexity index is 1960. The summed E-state index contributed by atoms with van der Waals surface area (Å²) >= 11 is 1.73. The Balaban J connectivity index is 1.14. The summed E-state index contributed by atoms with van der Waals surface area (Å²) in [7, 11) is 9.17. The maximum atomic E-state index is 15.3. The first-order valence-electron chi connectivity index (χ1n) is 24.4. The lowest BCUT2D eigenvalue weighted by atomic mass is 9.67. The summed E-state index contributed by atoms with van der Waals surface area (Å²) in [5.74, 6) is -0.215. The van der Waals surface area contributed by atoms with Crippen molar-refractivity contribution in [2.75, 3.05) is 42.0 Å². The molecule has 4 heterocycles. The van der Waals surface area contributed by atoms with Gasteiger partial charge < -0.3 is 47.5 Å². The molecular weight excluding hydrogens is 849 g/mol. The van der Waals surface area contributed by atoms with E-state index in [1.54, 1.807) is 32.7 Å². The zero-order valence-corrected chi connectivity index (χ0v) is 41.1. The number of ether oxygens (including phenoxy) is 9. The van der Waals surface area contributed by atoms with E-state index in [9.17, 15) is 4.79 Å². The highest BCUT2D eigenvalue weighted by molar-refractivity contribution is 7.15. The lowest BCUT2D eigenvalue weighted by Crippen LogP contribution is -2.59. The number of allylic oxidation sites excluding steroid dienone is 2. The quantitative estimate of drug-likeness (QED) is 0.178. The van der Waals surface area contributed by atoms with Crippen molar-refractivity contribution < 1.29 is 52.2 Å². The van der Waals surface area contributed by atoms with Crippen LogP contribution in [0.25, 0.3) is 10.6 Å². The third kappa shape index (κ3) is 10.0. The first-order valence-corrected chi connectivity index (χ1v) is 25.2. The van der Waals surface area contributed by atoms with Gasteiger partial charge in [0, 0.05) is 61.5 Å². The van der Waals surface area contributed by atoms with Crippen LogP contribution in [0, 0.1) is 23.7 Å². The minimum atomic E-state index is -0.667. The molecule has 14 heteroatoms. The van der Waals surface area contributed by atoms with Crippen molar-refractivity contribution in [3.05, 3.63) is 46.5 Å². The van der Waals surface area contributed by atoms with Crippen LogP contribution < -0.4 is 4.74 Å². The van der Waals surface area contributed by atoms with E-state index in [1.807, 2.05) is 26.0 Å². The number of cyclic esters (lactones) is 1. The molecule has 2 aromatic rings. The van der Waals surface area contributed by atoms with E-state index >= 15 is 4.79 Å². The fourth-order valence-corrected chi connectivity index (χ4v) is 13.4. The molecule has 0 spiro atoms. The third-order valence-electron chi connectivity index (χ3n) is 15.5. The molecule has 65 heavy (non-hydrogen) atoms. The average Bonchev–Trinajstić information content (AvgIpc) is 4.02. The number of esters is 1. The van der Waals surface area contributed by atoms with Gasteiger partial charge >= 0.3 is 5.97 Å². The van der Waals surface area contributed by atoms with Crippen LogP contribution in [0.4, 0.5) is 0 Å². The Kier molecular flexibility index (Phi) is 15.9. The molecule has 4 fully saturated rings. The molecule has 0 amide bonds. The van der Waals surface area contributed by atoms with Gasteiger partial charge in [0.25, 0.3) is 0 Å². The summed E-state index contributed by atoms with van der Waals surface area (Å²) in [6.45, 7) is 10.9. The normalized spacial score (nSPS) is 38.8. The van der Waals surface area contributed by atoms with Crippen LogP contribution in [-0.4, -0.2) is 131 Å². The number of rotatable bonds is 13. The second-order valence-electron chi connectivity index (χ2n) is 19.6. The Labute approximate surface area is 390 Å². The van der Waals surface area contributed by atoms with E-state index in [0.717, 1.165) is 67.0 Å². The lowest BCUT2D eigenvalue weighted by molar-refractivity contribution is -0.314. The fraction of sp³-hybridized carbons (Fsp3) is 0.745. The molecule has 0 radical (unpaired) electrons. The Morgan fingerprint density at radius 2 is 1.60 bits per heavy atom. The van der Waals surface area contributed by atoms with Crippen molar-refractivity contribution in [1.29, 1.82) is 0 Å². The Morgan fingerprint density at radius 3 is 2.28 bits per heavy atom. The van der Waals surface area contributed by atoms with E-state index in [1.165, 1.54) is 4.88 Å². The van der Waals surface area contributed by atoms with Crippen molar-refractivity contribution >= 4 is 23.1 Å². The predicted molar refractivity (Wildman–Crippen MR) is 247 cm³/mol. The van der Waals surface area contributed by atoms with Gasteiger partial charge in [-0.1, -0.05) is 26.8 Å². The standard InChI is InChI=1S/C51H74N2O11S/c1-11-22-59-32-18-16-30(17-19-32)50-52-44-43-35(34-23-33(24-38(34)49(44)65-50)63-51-48(58-10)47(57-9)46(56-8)29(5)61-51)25-37-36(43)26-41(54)62-31(12-2)14-13-15-40(27(3)45(37)55)64-42-21-20-39(53(6)7)28(4)60-42/h16-19,25,27-29,31,33-36,38-40,42-43,46-48,51H,11-15,20-24,26H2,1-10H3/t27-,28?,29?,31+,33+,34+,35+,36-,38-,39+,40+,42+,43-,46?,47?,48?,51?/m1/s1. The largest absolute Gasteiger partial charge is 0.494 e. The molecule has 0 bridgehead atoms. The van der Waals surface area contributed by atoms with Crippen LogP contribution in [0.15, 0.2) is 35.9 Å². The van der Waals surface area contributed by atoms with Crippen molar-refractivity contribution in [2.45, 2.75) is 178 Å². The van der Waals surface area contributed by atoms with E-state index in [-0.39, 0.29) is 84.6 Å². The smallest absolute Gasteiger partial charge is 0.306 e. The molecule has 3 aliphatic carbocycles. The van der Waals surface area contributed by atoms with E-state index < -0.39 is 30.5 Å². The molecule has 1 saturated carbocycles. The number of aromatic nitrogens is 1. The number of likely N-dealkylation sites (N-methyl/N-ethyl adjacent to an activating group) is 1. The number of ketones is 1. The summed E-state index contributed by atoms with van der Waals surface area (Å²) in [5, 5.41) is 0.917. The number of carbonyl (C=O) groups excluding carboxylic acids is 2. The van der Waals surface area contributed by atoms with Gasteiger partial charge in [-0.05, 0) is 127 Å². The second-order valence-corrected chi connectivity index (χ2v) is 20.7. The number of thiazole rings is 1. The van der Waals surface area contributed by atoms with Gasteiger partial charge in [-0.25, -0.2) is 4.98 Å². The topological polar surface area (TPSA) is 133 Å². The van der Waals surface area contributed by atoms with Crippen LogP contribution in [0.2, 0.25) is 0 Å². The highest BCUT2D eigenvalue weighted by Crippen LogP contribution is 2.63. The molecule has 6 unspecified atom stereocenters. The highest BCUT2D eigenvalue weighted by atomic mass is 32.1. The number of nitrogens with zero attached hydrogens (tertiary/aromatic N) is 2. The molecule has 17 atom stereocenters. The zero-order valence-electron chi connectivity index (χ0n) is 40.3. The zero-order chi connectivity index (χ0) is 46.1. The number of hydrogen-bond acceptors (Lipinski definition) is 14. The molecule has 360 valence electrons. The summed E-state index contributed by atoms with van der Waals surface area (Å²) in [5.41, 5.74) is 2.70. The van der Waals surface area contributed by atoms with Gasteiger partial charge in [0.2, 0.25) is 0 Å². The molecule has 3 saturated heterocycles. The van der Waals surface area contributed by atoms with Crippen LogP contribution >= 0.6 is 11.3 Å². The van der Waals surface area contributed by atoms with E-state index in [2.05, 4.69) is 58.0 Å². The van der Waals surface area contributed by atoms with Gasteiger partial charge in [0.1, 0.15) is 35.2 Å². The first-order chi connectivity index (χ1) is 31.4. The van der Waals surface area contributed by atoms with Gasteiger partial charge in [-0.15, -0.1) is 11.3 Å². The molecule has 13 nitrogen and oxygen atoms in total. The molecule has 8 rings (SSSR count). The number of carbonyl (C=O) groups is 2. The lowest BCUT2D eigenvalue weighted by Gasteiger charge is -2.44. The second kappa shape index (κ2) is 21.2. The molecule has 6 aliphatic rings. The fourth-order valence-electron chi connectivity index (χ4n) is 12.1. The summed E-state index contributed by atoms with van der Waals surface area (Å²) < 4.78 is 56.7. The summed E-state index contributed by atoms with van der Waals surface area (Å²) in [6, 6.07) is 8.49. The Hall–Kier alpha value is -2.79. The van der Waals surface area contributed by atoms with Gasteiger partial charge in [0.15, 0.2) is 18.4 Å². The summed E-state index contributed by atoms with van der Waals surface area (Å²) in [4.78, 5) is 38.3. The van der Waals surface area contributed by atoms with Gasteiger partial charge in [-0.2, -0.15) is 0 Å². The third-order valence-corrected chi connectivity index (χ3v) is 16.7. The molecular formula is C51H74N2O11S. The van der Waals surface area contributed by atoms with E-state index in [0.29, 0.717) is 31.1 Å². The molecule has 3 aliphatic heterocycles. The maximum absolute atomic E-state index is 15.3. The van der Waals surface area contributed by atoms with Crippen LogP contribution in [0.1, 0.15) is 121 Å².